The van der Waals surface area contributed by atoms with Gasteiger partial charge in [0.15, 0.2) is 3.95 Å². The highest BCUT2D eigenvalue weighted by atomic mass is 32.1. The maximum absolute atomic E-state index is 5.07. The molecule has 0 saturated carbocycles. The smallest absolute Gasteiger partial charge is 0.159 e. The van der Waals surface area contributed by atoms with Gasteiger partial charge in [-0.25, -0.2) is 0 Å². The minimum atomic E-state index is 0.783. The Bertz CT molecular complexity index is 422. The van der Waals surface area contributed by atoms with Crippen LogP contribution >= 0.6 is 23.6 Å². The van der Waals surface area contributed by atoms with Gasteiger partial charge in [0.05, 0.1) is 10.6 Å². The van der Waals surface area contributed by atoms with Gasteiger partial charge in [0.25, 0.3) is 0 Å². The zero-order chi connectivity index (χ0) is 14.6. The first-order valence-electron chi connectivity index (χ1n) is 6.39. The average Bonchev–Trinajstić information content (AvgIpc) is 2.80. The van der Waals surface area contributed by atoms with E-state index in [1.807, 2.05) is 33.8 Å². The predicted octanol–water partition coefficient (Wildman–Crippen LogP) is 6.48. The largest absolute Gasteiger partial charge is 0.337 e. The summed E-state index contributed by atoms with van der Waals surface area (Å²) in [7, 11) is 0. The molecule has 1 aromatic rings. The van der Waals surface area contributed by atoms with Crippen molar-refractivity contribution >= 4 is 35.7 Å². The molecule has 0 spiro atoms. The van der Waals surface area contributed by atoms with Crippen LogP contribution in [0.2, 0.25) is 0 Å². The number of hydrogen-bond acceptors (Lipinski definition) is 2. The van der Waals surface area contributed by atoms with Crippen LogP contribution in [0, 0.1) is 3.95 Å². The second-order valence-electron chi connectivity index (χ2n) is 2.77. The second-order valence-corrected chi connectivity index (χ2v) is 4.49. The summed E-state index contributed by atoms with van der Waals surface area (Å²) in [5.41, 5.74) is 2.20. The second kappa shape index (κ2) is 12.5. The summed E-state index contributed by atoms with van der Waals surface area (Å²) in [6, 6.07) is 0. The summed E-state index contributed by atoms with van der Waals surface area (Å²) < 4.78 is 0.783. The molecule has 1 N–H and O–H groups in total. The molecular weight excluding hydrogens is 258 g/mol. The lowest BCUT2D eigenvalue weighted by Gasteiger charge is -1.95. The maximum Gasteiger partial charge on any atom is 0.159 e. The van der Waals surface area contributed by atoms with Crippen LogP contribution in [0.5, 0.6) is 0 Å². The fourth-order valence-corrected chi connectivity index (χ4v) is 2.28. The molecule has 0 bridgehead atoms. The number of rotatable bonds is 4. The van der Waals surface area contributed by atoms with Crippen molar-refractivity contribution in [1.82, 2.24) is 4.98 Å². The molecule has 0 atom stereocenters. The van der Waals surface area contributed by atoms with Crippen LogP contribution in [0.1, 0.15) is 51.6 Å². The van der Waals surface area contributed by atoms with Gasteiger partial charge in [-0.15, -0.1) is 11.3 Å². The Morgan fingerprint density at radius 3 is 2.22 bits per heavy atom. The molecule has 1 aromatic heterocycles. The number of aromatic amines is 1. The molecule has 18 heavy (non-hydrogen) atoms. The molecule has 0 amide bonds. The van der Waals surface area contributed by atoms with Crippen molar-refractivity contribution in [3.63, 3.8) is 0 Å². The van der Waals surface area contributed by atoms with Crippen LogP contribution in [-0.4, -0.2) is 4.98 Å². The van der Waals surface area contributed by atoms with Gasteiger partial charge >= 0.3 is 0 Å². The lowest BCUT2D eigenvalue weighted by atomic mass is 10.1. The van der Waals surface area contributed by atoms with Gasteiger partial charge < -0.3 is 4.98 Å². The molecule has 1 nitrogen and oxygen atoms in total. The lowest BCUT2D eigenvalue weighted by Crippen LogP contribution is -1.77. The van der Waals surface area contributed by atoms with E-state index in [9.17, 15) is 0 Å². The van der Waals surface area contributed by atoms with Crippen LogP contribution in [0.4, 0.5) is 0 Å². The number of thiazole rings is 1. The summed E-state index contributed by atoms with van der Waals surface area (Å²) in [6.45, 7) is 17.6. The van der Waals surface area contributed by atoms with E-state index >= 15 is 0 Å². The molecule has 1 heterocycles. The topological polar surface area (TPSA) is 15.8 Å². The highest BCUT2D eigenvalue weighted by molar-refractivity contribution is 7.73. The molecule has 0 fully saturated rings. The van der Waals surface area contributed by atoms with Crippen molar-refractivity contribution in [2.45, 2.75) is 41.0 Å². The van der Waals surface area contributed by atoms with E-state index in [4.69, 9.17) is 12.2 Å². The van der Waals surface area contributed by atoms with E-state index in [0.717, 1.165) is 20.9 Å². The summed E-state index contributed by atoms with van der Waals surface area (Å²) >= 11 is 6.63. The highest BCUT2D eigenvalue weighted by Crippen LogP contribution is 2.21. The van der Waals surface area contributed by atoms with E-state index in [1.54, 1.807) is 17.4 Å². The Morgan fingerprint density at radius 1 is 1.28 bits per heavy atom. The first-order chi connectivity index (χ1) is 8.71. The molecule has 102 valence electrons. The van der Waals surface area contributed by atoms with Crippen molar-refractivity contribution in [1.29, 1.82) is 0 Å². The minimum absolute atomic E-state index is 0.783. The molecule has 0 aromatic carbocycles. The van der Waals surface area contributed by atoms with Crippen LogP contribution in [0.25, 0.3) is 12.2 Å². The van der Waals surface area contributed by atoms with Crippen LogP contribution in [0.15, 0.2) is 24.8 Å². The Hall–Kier alpha value is -0.930. The molecule has 0 aliphatic carbocycles. The third-order valence-electron chi connectivity index (χ3n) is 1.90. The zero-order valence-corrected chi connectivity index (χ0v) is 13.8. The fourth-order valence-electron chi connectivity index (χ4n) is 1.08. The summed E-state index contributed by atoms with van der Waals surface area (Å²) in [5, 5.41) is 0. The average molecular weight is 284 g/mol. The van der Waals surface area contributed by atoms with Gasteiger partial charge in [-0.05, 0) is 36.4 Å². The Kier molecular flexibility index (Phi) is 13.5. The molecule has 0 saturated heterocycles. The Morgan fingerprint density at radius 2 is 1.83 bits per heavy atom. The van der Waals surface area contributed by atoms with Crippen molar-refractivity contribution in [3.8, 4) is 0 Å². The fraction of sp³-hybridized carbons (Fsp3) is 0.400. The number of aromatic nitrogens is 1. The number of nitrogens with one attached hydrogen (secondary N) is 1. The molecular formula is C15H25NS2. The van der Waals surface area contributed by atoms with Crippen LogP contribution in [-0.2, 0) is 0 Å². The SMILES string of the molecule is C=C/C(=C\c1sc(=S)[nH]c1C=C)CC.CC.CC. The quantitative estimate of drug-likeness (QED) is 0.494. The van der Waals surface area contributed by atoms with Crippen molar-refractivity contribution in [2.24, 2.45) is 0 Å². The molecule has 0 aliphatic heterocycles. The minimum Gasteiger partial charge on any atom is -0.337 e. The van der Waals surface area contributed by atoms with Crippen molar-refractivity contribution in [2.75, 3.05) is 0 Å². The van der Waals surface area contributed by atoms with Crippen molar-refractivity contribution in [3.05, 3.63) is 39.3 Å². The molecule has 0 aliphatic rings. The third kappa shape index (κ3) is 6.72. The molecule has 3 heteroatoms. The first kappa shape index (κ1) is 19.4. The van der Waals surface area contributed by atoms with Gasteiger partial charge in [0, 0.05) is 0 Å². The van der Waals surface area contributed by atoms with Gasteiger partial charge in [-0.1, -0.05) is 53.9 Å². The highest BCUT2D eigenvalue weighted by Gasteiger charge is 2.00. The van der Waals surface area contributed by atoms with Gasteiger partial charge in [0.2, 0.25) is 0 Å². The standard InChI is InChI=1S/C11H13NS2.2C2H6/c1-4-8(5-2)7-10-9(6-3)12-11(13)14-10;2*1-2/h4,6-7H,1,3,5H2,2H3,(H,12,13);2*1-2H3/b8-7+;;. The van der Waals surface area contributed by atoms with E-state index in [0.29, 0.717) is 0 Å². The molecule has 0 radical (unpaired) electrons. The maximum atomic E-state index is 5.07. The van der Waals surface area contributed by atoms with Gasteiger partial charge in [-0.2, -0.15) is 0 Å². The Balaban J connectivity index is 0. The van der Waals surface area contributed by atoms with Crippen molar-refractivity contribution < 1.29 is 0 Å². The summed E-state index contributed by atoms with van der Waals surface area (Å²) in [5.74, 6) is 0. The van der Waals surface area contributed by atoms with Gasteiger partial charge in [-0.3, -0.25) is 0 Å². The van der Waals surface area contributed by atoms with E-state index in [1.165, 1.54) is 5.57 Å². The lowest BCUT2D eigenvalue weighted by molar-refractivity contribution is 1.16. The van der Waals surface area contributed by atoms with E-state index in [-0.39, 0.29) is 0 Å². The predicted molar refractivity (Wildman–Crippen MR) is 90.8 cm³/mol. The first-order valence-corrected chi connectivity index (χ1v) is 7.62. The van der Waals surface area contributed by atoms with Crippen LogP contribution in [0.3, 0.4) is 0 Å². The van der Waals surface area contributed by atoms with E-state index < -0.39 is 0 Å². The third-order valence-corrected chi connectivity index (χ3v) is 3.09. The summed E-state index contributed by atoms with van der Waals surface area (Å²) in [4.78, 5) is 4.21. The number of H-pyrrole nitrogens is 1. The number of hydrogen-bond donors (Lipinski definition) is 1. The Labute approximate surface area is 121 Å². The molecule has 1 rings (SSSR count). The van der Waals surface area contributed by atoms with Crippen LogP contribution < -0.4 is 0 Å². The normalized spacial score (nSPS) is 9.50. The monoisotopic (exact) mass is 283 g/mol. The molecule has 0 unspecified atom stereocenters. The number of allylic oxidation sites excluding steroid dienone is 2. The van der Waals surface area contributed by atoms with Gasteiger partial charge in [0.1, 0.15) is 0 Å². The zero-order valence-electron chi connectivity index (χ0n) is 12.2. The summed E-state index contributed by atoms with van der Waals surface area (Å²) in [6.07, 6.45) is 6.73. The van der Waals surface area contributed by atoms with E-state index in [2.05, 4.69) is 31.1 Å².